The quantitative estimate of drug-likeness (QED) is 0.341. The second-order valence-electron chi connectivity index (χ2n) is 6.83. The number of allylic oxidation sites excluding steroid dienone is 1. The summed E-state index contributed by atoms with van der Waals surface area (Å²) in [5, 5.41) is 0.926. The number of ether oxygens (including phenoxy) is 2. The molecule has 0 aliphatic carbocycles. The molecule has 0 aliphatic heterocycles. The van der Waals surface area contributed by atoms with Crippen LogP contribution in [0.5, 0.6) is 0 Å². The van der Waals surface area contributed by atoms with Crippen LogP contribution >= 0.6 is 12.1 Å². The normalized spacial score (nSPS) is 12.5. The minimum atomic E-state index is -3.48. The Morgan fingerprint density at radius 1 is 1.08 bits per heavy atom. The fourth-order valence-corrected chi connectivity index (χ4v) is 2.94. The van der Waals surface area contributed by atoms with E-state index in [1.54, 1.807) is 20.8 Å². The molecule has 26 heavy (non-hydrogen) atoms. The number of unbranched alkanes of at least 4 members (excludes halogenated alkanes) is 2. The second kappa shape index (κ2) is 10.7. The molecule has 0 N–H and O–H groups in total. The van der Waals surface area contributed by atoms with E-state index >= 15 is 0 Å². The van der Waals surface area contributed by atoms with Gasteiger partial charge in [0.05, 0.1) is 24.1 Å². The summed E-state index contributed by atoms with van der Waals surface area (Å²) in [6.07, 6.45) is 2.42. The third-order valence-corrected chi connectivity index (χ3v) is 4.42. The molecule has 8 nitrogen and oxygen atoms in total. The van der Waals surface area contributed by atoms with Crippen molar-refractivity contribution in [2.45, 2.75) is 47.0 Å². The van der Waals surface area contributed by atoms with E-state index in [9.17, 15) is 18.0 Å². The minimum absolute atomic E-state index is 0.0160. The Bertz CT molecular complexity index is 611. The van der Waals surface area contributed by atoms with E-state index in [0.29, 0.717) is 6.61 Å². The van der Waals surface area contributed by atoms with E-state index in [4.69, 9.17) is 9.47 Å². The molecule has 0 heterocycles. The van der Waals surface area contributed by atoms with Gasteiger partial charge < -0.3 is 9.47 Å². The Morgan fingerprint density at radius 3 is 2.08 bits per heavy atom. The fourth-order valence-electron chi connectivity index (χ4n) is 1.56. The van der Waals surface area contributed by atoms with Crippen molar-refractivity contribution in [2.24, 2.45) is 5.41 Å². The smallest absolute Gasteiger partial charge is 0.426 e. The molecule has 0 saturated carbocycles. The fraction of sp³-hybridized carbons (Fsp3) is 0.750. The molecule has 0 fully saturated rings. The van der Waals surface area contributed by atoms with Crippen molar-refractivity contribution in [3.63, 3.8) is 0 Å². The lowest BCUT2D eigenvalue weighted by Gasteiger charge is -2.25. The van der Waals surface area contributed by atoms with Gasteiger partial charge in [0.15, 0.2) is 9.84 Å². The van der Waals surface area contributed by atoms with Crippen LogP contribution in [0, 0.1) is 5.41 Å². The number of carbonyl (C=O) groups excluding carboxylic acids is 2. The maximum Gasteiger partial charge on any atom is 0.426 e. The first-order valence-corrected chi connectivity index (χ1v) is 10.9. The highest BCUT2D eigenvalue weighted by molar-refractivity contribution is 7.95. The van der Waals surface area contributed by atoms with E-state index in [-0.39, 0.29) is 5.76 Å². The van der Waals surface area contributed by atoms with Gasteiger partial charge in [0.2, 0.25) is 0 Å². The van der Waals surface area contributed by atoms with Crippen LogP contribution < -0.4 is 0 Å². The van der Waals surface area contributed by atoms with Crippen LogP contribution in [0.1, 0.15) is 47.0 Å². The highest BCUT2D eigenvalue weighted by Crippen LogP contribution is 2.28. The highest BCUT2D eigenvalue weighted by Gasteiger charge is 2.26. The average Bonchev–Trinajstić information content (AvgIpc) is 2.48. The van der Waals surface area contributed by atoms with Gasteiger partial charge in [0.1, 0.15) is 5.76 Å². The third kappa shape index (κ3) is 10.5. The minimum Gasteiger partial charge on any atom is -0.449 e. The lowest BCUT2D eigenvalue weighted by atomic mass is 9.95. The number of rotatable bonds is 8. The van der Waals surface area contributed by atoms with Gasteiger partial charge >= 0.3 is 12.2 Å². The van der Waals surface area contributed by atoms with E-state index in [1.165, 1.54) is 14.1 Å². The summed E-state index contributed by atoms with van der Waals surface area (Å²) >= 11 is 0.791. The van der Waals surface area contributed by atoms with Gasteiger partial charge in [-0.1, -0.05) is 40.5 Å². The van der Waals surface area contributed by atoms with Crippen molar-refractivity contribution in [1.82, 2.24) is 8.61 Å². The molecule has 152 valence electrons. The number of hydrogen-bond acceptors (Lipinski definition) is 7. The van der Waals surface area contributed by atoms with Crippen LogP contribution in [-0.2, 0) is 19.3 Å². The number of hydrogen-bond donors (Lipinski definition) is 0. The first-order chi connectivity index (χ1) is 11.8. The van der Waals surface area contributed by atoms with Crippen LogP contribution in [-0.4, -0.2) is 56.2 Å². The van der Waals surface area contributed by atoms with Crippen molar-refractivity contribution >= 4 is 34.2 Å². The van der Waals surface area contributed by atoms with Gasteiger partial charge in [0, 0.05) is 25.8 Å². The summed E-state index contributed by atoms with van der Waals surface area (Å²) in [5.74, 6) is 0.0160. The summed E-state index contributed by atoms with van der Waals surface area (Å²) < 4.78 is 35.5. The zero-order valence-electron chi connectivity index (χ0n) is 16.6. The van der Waals surface area contributed by atoms with Crippen LogP contribution in [0.25, 0.3) is 0 Å². The molecule has 2 amide bonds. The van der Waals surface area contributed by atoms with Gasteiger partial charge in [-0.05, 0) is 6.42 Å². The molecule has 10 heteroatoms. The number of amides is 2. The summed E-state index contributed by atoms with van der Waals surface area (Å²) in [4.78, 5) is 24.1. The summed E-state index contributed by atoms with van der Waals surface area (Å²) in [5.41, 5.74) is -0.686. The largest absolute Gasteiger partial charge is 0.449 e. The molecule has 0 aromatic carbocycles. The summed E-state index contributed by atoms with van der Waals surface area (Å²) in [6, 6.07) is 0. The van der Waals surface area contributed by atoms with Crippen LogP contribution in [0.15, 0.2) is 11.2 Å². The zero-order valence-corrected chi connectivity index (χ0v) is 18.2. The second-order valence-corrected chi connectivity index (χ2v) is 9.98. The Balaban J connectivity index is 4.79. The van der Waals surface area contributed by atoms with Gasteiger partial charge in [-0.2, -0.15) is 0 Å². The maximum absolute atomic E-state index is 12.2. The Morgan fingerprint density at radius 2 is 1.62 bits per heavy atom. The van der Waals surface area contributed by atoms with Crippen molar-refractivity contribution in [2.75, 3.05) is 27.0 Å². The zero-order chi connectivity index (χ0) is 20.5. The first kappa shape index (κ1) is 24.6. The molecule has 0 unspecified atom stereocenters. The first-order valence-electron chi connectivity index (χ1n) is 8.24. The Hall–Kier alpha value is -1.42. The molecule has 0 bridgehead atoms. The van der Waals surface area contributed by atoms with Crippen LogP contribution in [0.4, 0.5) is 9.59 Å². The van der Waals surface area contributed by atoms with E-state index < -0.39 is 27.4 Å². The summed E-state index contributed by atoms with van der Waals surface area (Å²) in [7, 11) is -0.601. The van der Waals surface area contributed by atoms with Crippen molar-refractivity contribution in [3.8, 4) is 0 Å². The molecule has 0 spiro atoms. The maximum atomic E-state index is 12.2. The van der Waals surface area contributed by atoms with Gasteiger partial charge in [0.25, 0.3) is 0 Å². The van der Waals surface area contributed by atoms with E-state index in [1.807, 2.05) is 0 Å². The van der Waals surface area contributed by atoms with Crippen molar-refractivity contribution < 1.29 is 27.5 Å². The average molecular weight is 411 g/mol. The molecular formula is C16H30N2O6S2. The van der Waals surface area contributed by atoms with Gasteiger partial charge in [-0.3, -0.25) is 0 Å². The van der Waals surface area contributed by atoms with Gasteiger partial charge in [-0.25, -0.2) is 26.6 Å². The van der Waals surface area contributed by atoms with Gasteiger partial charge in [-0.15, -0.1) is 0 Å². The SMILES string of the molecule is CCCCCOC(=O)N(C)SN(C)C(=O)OC(=CS(C)(=O)=O)C(C)(C)C. The highest BCUT2D eigenvalue weighted by atomic mass is 32.2. The molecule has 0 saturated heterocycles. The molecule has 0 atom stereocenters. The van der Waals surface area contributed by atoms with Crippen LogP contribution in [0.3, 0.4) is 0 Å². The molecule has 0 rings (SSSR count). The predicted molar refractivity (Wildman–Crippen MR) is 103 cm³/mol. The summed E-state index contributed by atoms with van der Waals surface area (Å²) in [6.45, 7) is 7.55. The Labute approximate surface area is 161 Å². The standard InChI is InChI=1S/C16H30N2O6S2/c1-8-9-10-11-23-14(19)17(5)25-18(6)15(20)24-13(16(2,3)4)12-26(7,21)22/h12H,8-11H2,1-7H3. The number of carbonyl (C=O) groups is 2. The molecule has 0 aromatic rings. The molecular weight excluding hydrogens is 380 g/mol. The van der Waals surface area contributed by atoms with E-state index in [0.717, 1.165) is 51.7 Å². The lowest BCUT2D eigenvalue weighted by Crippen LogP contribution is -2.31. The molecule has 0 aromatic heterocycles. The predicted octanol–water partition coefficient (Wildman–Crippen LogP) is 3.81. The van der Waals surface area contributed by atoms with Crippen molar-refractivity contribution in [3.05, 3.63) is 11.2 Å². The number of sulfone groups is 1. The molecule has 0 radical (unpaired) electrons. The lowest BCUT2D eigenvalue weighted by molar-refractivity contribution is 0.128. The van der Waals surface area contributed by atoms with E-state index in [2.05, 4.69) is 6.92 Å². The Kier molecular flexibility index (Phi) is 10.1. The monoisotopic (exact) mass is 410 g/mol. The third-order valence-electron chi connectivity index (χ3n) is 2.99. The molecule has 0 aliphatic rings. The topological polar surface area (TPSA) is 93.2 Å². The van der Waals surface area contributed by atoms with Crippen molar-refractivity contribution in [1.29, 1.82) is 0 Å². The number of nitrogens with zero attached hydrogens (tertiary/aromatic N) is 2. The van der Waals surface area contributed by atoms with Crippen LogP contribution in [0.2, 0.25) is 0 Å².